The minimum atomic E-state index is -4.47. The van der Waals surface area contributed by atoms with Crippen LogP contribution in [-0.4, -0.2) is 35.3 Å². The third kappa shape index (κ3) is 5.81. The fraction of sp³-hybridized carbons (Fsp3) is 0.250. The summed E-state index contributed by atoms with van der Waals surface area (Å²) < 4.78 is 47.0. The van der Waals surface area contributed by atoms with E-state index >= 15 is 0 Å². The predicted molar refractivity (Wildman–Crippen MR) is 99.6 cm³/mol. The Morgan fingerprint density at radius 2 is 1.66 bits per heavy atom. The predicted octanol–water partition coefficient (Wildman–Crippen LogP) is 3.57. The summed E-state index contributed by atoms with van der Waals surface area (Å²) >= 11 is 0. The molecule has 6 nitrogen and oxygen atoms in total. The number of carbonyl (C=O) groups excluding carboxylic acids is 1. The molecule has 0 fully saturated rings. The summed E-state index contributed by atoms with van der Waals surface area (Å²) in [6, 6.07) is 13.4. The number of rotatable bonds is 7. The standard InChI is InChI=1S/C20H18F3N3O3/c1-13-14-6-2-3-7-15(14)26-18(25-13)10-24-19(27)11-28-16-8-4-5-9-17(16)29-12-20(21,22)23/h2-9H,10-12H2,1H3,(H,24,27). The number of benzene rings is 2. The Hall–Kier alpha value is -3.36. The molecule has 152 valence electrons. The first-order chi connectivity index (χ1) is 13.8. The van der Waals surface area contributed by atoms with Gasteiger partial charge in [-0.15, -0.1) is 0 Å². The van der Waals surface area contributed by atoms with E-state index in [1.165, 1.54) is 18.2 Å². The molecule has 2 aromatic carbocycles. The highest BCUT2D eigenvalue weighted by Crippen LogP contribution is 2.28. The molecule has 0 spiro atoms. The number of hydrogen-bond donors (Lipinski definition) is 1. The van der Waals surface area contributed by atoms with Crippen LogP contribution in [0.5, 0.6) is 11.5 Å². The number of para-hydroxylation sites is 3. The monoisotopic (exact) mass is 405 g/mol. The van der Waals surface area contributed by atoms with Crippen LogP contribution >= 0.6 is 0 Å². The van der Waals surface area contributed by atoms with Crippen molar-refractivity contribution in [2.45, 2.75) is 19.6 Å². The average molecular weight is 405 g/mol. The van der Waals surface area contributed by atoms with Crippen molar-refractivity contribution in [1.82, 2.24) is 15.3 Å². The van der Waals surface area contributed by atoms with Crippen LogP contribution in [0.15, 0.2) is 48.5 Å². The van der Waals surface area contributed by atoms with Crippen LogP contribution in [0.1, 0.15) is 11.5 Å². The fourth-order valence-electron chi connectivity index (χ4n) is 2.59. The molecule has 9 heteroatoms. The quantitative estimate of drug-likeness (QED) is 0.651. The molecule has 3 rings (SSSR count). The molecule has 3 aromatic rings. The number of hydrogen-bond acceptors (Lipinski definition) is 5. The van der Waals surface area contributed by atoms with Crippen LogP contribution < -0.4 is 14.8 Å². The van der Waals surface area contributed by atoms with Gasteiger partial charge in [0.1, 0.15) is 5.82 Å². The molecule has 0 saturated heterocycles. The van der Waals surface area contributed by atoms with Crippen molar-refractivity contribution in [1.29, 1.82) is 0 Å². The van der Waals surface area contributed by atoms with Crippen LogP contribution in [0.4, 0.5) is 13.2 Å². The topological polar surface area (TPSA) is 73.3 Å². The van der Waals surface area contributed by atoms with Gasteiger partial charge in [-0.25, -0.2) is 9.97 Å². The lowest BCUT2D eigenvalue weighted by molar-refractivity contribution is -0.153. The summed E-state index contributed by atoms with van der Waals surface area (Å²) in [6.45, 7) is 0.119. The van der Waals surface area contributed by atoms with Gasteiger partial charge in [0, 0.05) is 11.1 Å². The molecule has 1 N–H and O–H groups in total. The highest BCUT2D eigenvalue weighted by Gasteiger charge is 2.29. The first kappa shape index (κ1) is 20.4. The second-order valence-corrected chi connectivity index (χ2v) is 6.16. The number of aryl methyl sites for hydroxylation is 1. The van der Waals surface area contributed by atoms with E-state index in [4.69, 9.17) is 9.47 Å². The molecule has 0 atom stereocenters. The first-order valence-corrected chi connectivity index (χ1v) is 8.72. The van der Waals surface area contributed by atoms with Gasteiger partial charge >= 0.3 is 6.18 Å². The summed E-state index contributed by atoms with van der Waals surface area (Å²) in [7, 11) is 0. The van der Waals surface area contributed by atoms with Crippen LogP contribution in [0.25, 0.3) is 10.9 Å². The molecule has 0 saturated carbocycles. The van der Waals surface area contributed by atoms with Crippen molar-refractivity contribution >= 4 is 16.8 Å². The lowest BCUT2D eigenvalue weighted by atomic mass is 10.2. The summed E-state index contributed by atoms with van der Waals surface area (Å²) in [5.41, 5.74) is 1.57. The minimum Gasteiger partial charge on any atom is -0.480 e. The van der Waals surface area contributed by atoms with Crippen LogP contribution in [0, 0.1) is 6.92 Å². The lowest BCUT2D eigenvalue weighted by Crippen LogP contribution is -2.29. The van der Waals surface area contributed by atoms with Gasteiger partial charge < -0.3 is 14.8 Å². The van der Waals surface area contributed by atoms with Gasteiger partial charge in [0.2, 0.25) is 0 Å². The van der Waals surface area contributed by atoms with Gasteiger partial charge in [0.15, 0.2) is 24.7 Å². The minimum absolute atomic E-state index is 0.0460. The van der Waals surface area contributed by atoms with Gasteiger partial charge in [0.25, 0.3) is 5.91 Å². The molecule has 1 amide bonds. The van der Waals surface area contributed by atoms with E-state index < -0.39 is 18.7 Å². The van der Waals surface area contributed by atoms with Gasteiger partial charge in [-0.1, -0.05) is 30.3 Å². The number of halogens is 3. The fourth-order valence-corrected chi connectivity index (χ4v) is 2.59. The number of alkyl halides is 3. The number of carbonyl (C=O) groups is 1. The van der Waals surface area contributed by atoms with Crippen molar-refractivity contribution in [3.8, 4) is 11.5 Å². The zero-order valence-electron chi connectivity index (χ0n) is 15.5. The van der Waals surface area contributed by atoms with Crippen LogP contribution in [0.2, 0.25) is 0 Å². The third-order valence-corrected chi connectivity index (χ3v) is 3.88. The molecule has 29 heavy (non-hydrogen) atoms. The van der Waals surface area contributed by atoms with Crippen molar-refractivity contribution in [3.05, 3.63) is 60.0 Å². The molecular formula is C20H18F3N3O3. The normalized spacial score (nSPS) is 11.3. The zero-order chi connectivity index (χ0) is 20.9. The molecule has 0 bridgehead atoms. The van der Waals surface area contributed by atoms with E-state index in [1.807, 2.05) is 31.2 Å². The lowest BCUT2D eigenvalue weighted by Gasteiger charge is -2.13. The molecule has 1 heterocycles. The Balaban J connectivity index is 1.56. The SMILES string of the molecule is Cc1nc(CNC(=O)COc2ccccc2OCC(F)(F)F)nc2ccccc12. The summed E-state index contributed by atoms with van der Waals surface area (Å²) in [6.07, 6.45) is -4.47. The molecule has 0 aliphatic carbocycles. The maximum atomic E-state index is 12.3. The van der Waals surface area contributed by atoms with E-state index in [0.29, 0.717) is 5.82 Å². The van der Waals surface area contributed by atoms with E-state index in [1.54, 1.807) is 6.07 Å². The largest absolute Gasteiger partial charge is 0.480 e. The highest BCUT2D eigenvalue weighted by atomic mass is 19.4. The Kier molecular flexibility index (Phi) is 6.16. The number of aromatic nitrogens is 2. The molecule has 0 aliphatic heterocycles. The number of nitrogens with one attached hydrogen (secondary N) is 1. The number of nitrogens with zero attached hydrogens (tertiary/aromatic N) is 2. The molecule has 0 unspecified atom stereocenters. The van der Waals surface area contributed by atoms with E-state index in [9.17, 15) is 18.0 Å². The highest BCUT2D eigenvalue weighted by molar-refractivity contribution is 5.80. The summed E-state index contributed by atoms with van der Waals surface area (Å²) in [4.78, 5) is 20.8. The summed E-state index contributed by atoms with van der Waals surface area (Å²) in [5.74, 6) is -0.0655. The Labute approximate surface area is 164 Å². The second-order valence-electron chi connectivity index (χ2n) is 6.16. The Morgan fingerprint density at radius 3 is 2.38 bits per heavy atom. The van der Waals surface area contributed by atoms with Crippen LogP contribution in [0.3, 0.4) is 0 Å². The first-order valence-electron chi connectivity index (χ1n) is 8.72. The number of ether oxygens (including phenoxy) is 2. The third-order valence-electron chi connectivity index (χ3n) is 3.88. The maximum absolute atomic E-state index is 12.3. The summed E-state index contributed by atoms with van der Waals surface area (Å²) in [5, 5.41) is 3.56. The average Bonchev–Trinajstić information content (AvgIpc) is 2.69. The van der Waals surface area contributed by atoms with Crippen molar-refractivity contribution in [2.75, 3.05) is 13.2 Å². The molecule has 1 aromatic heterocycles. The van der Waals surface area contributed by atoms with E-state index in [-0.39, 0.29) is 24.7 Å². The molecule has 0 aliphatic rings. The van der Waals surface area contributed by atoms with Crippen molar-refractivity contribution < 1.29 is 27.4 Å². The van der Waals surface area contributed by atoms with Gasteiger partial charge in [-0.3, -0.25) is 4.79 Å². The molecule has 0 radical (unpaired) electrons. The Bertz CT molecular complexity index is 1010. The van der Waals surface area contributed by atoms with Gasteiger partial charge in [-0.2, -0.15) is 13.2 Å². The Morgan fingerprint density at radius 1 is 1.00 bits per heavy atom. The van der Waals surface area contributed by atoms with Crippen molar-refractivity contribution in [3.63, 3.8) is 0 Å². The zero-order valence-corrected chi connectivity index (χ0v) is 15.5. The van der Waals surface area contributed by atoms with Gasteiger partial charge in [-0.05, 0) is 25.1 Å². The van der Waals surface area contributed by atoms with E-state index in [2.05, 4.69) is 15.3 Å². The molecular weight excluding hydrogens is 387 g/mol. The van der Waals surface area contributed by atoms with Gasteiger partial charge in [0.05, 0.1) is 12.1 Å². The van der Waals surface area contributed by atoms with Crippen molar-refractivity contribution in [2.24, 2.45) is 0 Å². The smallest absolute Gasteiger partial charge is 0.422 e. The van der Waals surface area contributed by atoms with E-state index in [0.717, 1.165) is 16.6 Å². The second kappa shape index (κ2) is 8.76. The number of amides is 1. The van der Waals surface area contributed by atoms with Crippen LogP contribution in [-0.2, 0) is 11.3 Å². The maximum Gasteiger partial charge on any atom is 0.422 e. The number of fused-ring (bicyclic) bond motifs is 1.